The maximum Gasteiger partial charge on any atom is 0.250 e. The van der Waals surface area contributed by atoms with Crippen molar-refractivity contribution in [2.45, 2.75) is 6.42 Å². The molecule has 0 saturated carbocycles. The predicted molar refractivity (Wildman–Crippen MR) is 82.2 cm³/mol. The van der Waals surface area contributed by atoms with E-state index in [0.717, 1.165) is 27.8 Å². The lowest BCUT2D eigenvalue weighted by molar-refractivity contribution is -0.118. The first-order chi connectivity index (χ1) is 10.7. The molecule has 110 valence electrons. The molecule has 0 fully saturated rings. The Morgan fingerprint density at radius 1 is 1.32 bits per heavy atom. The summed E-state index contributed by atoms with van der Waals surface area (Å²) < 4.78 is 13.9. The van der Waals surface area contributed by atoms with Gasteiger partial charge in [-0.1, -0.05) is 18.2 Å². The van der Waals surface area contributed by atoms with Gasteiger partial charge in [-0.05, 0) is 29.3 Å². The topological polar surface area (TPSA) is 65.1 Å². The summed E-state index contributed by atoms with van der Waals surface area (Å²) >= 11 is 0. The van der Waals surface area contributed by atoms with Crippen LogP contribution < -0.4 is 5.32 Å². The number of H-pyrrole nitrogens is 1. The SMILES string of the molecule is O=C(CO)Nc1ccc2c(c1)Cc1c-2[nH]c2c(F)cccc12. The number of aromatic nitrogens is 1. The average molecular weight is 296 g/mol. The second-order valence-electron chi connectivity index (χ2n) is 5.40. The number of fused-ring (bicyclic) bond motifs is 5. The number of nitrogens with one attached hydrogen (secondary N) is 2. The van der Waals surface area contributed by atoms with Crippen molar-refractivity contribution in [2.24, 2.45) is 0 Å². The first-order valence-electron chi connectivity index (χ1n) is 7.00. The molecule has 3 N–H and O–H groups in total. The van der Waals surface area contributed by atoms with E-state index in [-0.39, 0.29) is 5.82 Å². The Hall–Kier alpha value is -2.66. The van der Waals surface area contributed by atoms with E-state index in [0.29, 0.717) is 17.6 Å². The standard InChI is InChI=1S/C17H13FN2O2/c18-14-3-1-2-12-13-7-9-6-10(19-15(22)8-21)4-5-11(9)16(13)20-17(12)14/h1-6,20-21H,7-8H2,(H,19,22). The molecule has 0 saturated heterocycles. The molecule has 22 heavy (non-hydrogen) atoms. The highest BCUT2D eigenvalue weighted by Gasteiger charge is 2.24. The molecule has 0 aliphatic heterocycles. The van der Waals surface area contributed by atoms with Crippen molar-refractivity contribution in [1.82, 2.24) is 4.98 Å². The van der Waals surface area contributed by atoms with Crippen LogP contribution in [0.25, 0.3) is 22.2 Å². The average Bonchev–Trinajstić information content (AvgIpc) is 3.04. The molecule has 5 heteroatoms. The van der Waals surface area contributed by atoms with Crippen molar-refractivity contribution in [3.63, 3.8) is 0 Å². The maximum atomic E-state index is 13.9. The van der Waals surface area contributed by atoms with E-state index in [1.54, 1.807) is 12.1 Å². The molecule has 0 unspecified atom stereocenters. The van der Waals surface area contributed by atoms with Gasteiger partial charge in [0, 0.05) is 23.1 Å². The van der Waals surface area contributed by atoms with E-state index >= 15 is 0 Å². The fourth-order valence-electron chi connectivity index (χ4n) is 3.10. The van der Waals surface area contributed by atoms with Gasteiger partial charge >= 0.3 is 0 Å². The second kappa shape index (κ2) is 4.68. The number of aromatic amines is 1. The third-order valence-corrected chi connectivity index (χ3v) is 4.06. The molecule has 1 amide bonds. The summed E-state index contributed by atoms with van der Waals surface area (Å²) in [5.74, 6) is -0.690. The van der Waals surface area contributed by atoms with Gasteiger partial charge in [0.05, 0.1) is 11.2 Å². The van der Waals surface area contributed by atoms with E-state index in [1.165, 1.54) is 6.07 Å². The number of benzene rings is 2. The van der Waals surface area contributed by atoms with Crippen LogP contribution in [0.3, 0.4) is 0 Å². The van der Waals surface area contributed by atoms with Crippen LogP contribution in [0.2, 0.25) is 0 Å². The lowest BCUT2D eigenvalue weighted by atomic mass is 10.1. The first-order valence-corrected chi connectivity index (χ1v) is 7.00. The molecule has 1 aromatic heterocycles. The molecule has 1 aliphatic rings. The number of hydrogen-bond donors (Lipinski definition) is 3. The molecular weight excluding hydrogens is 283 g/mol. The molecule has 0 spiro atoms. The fraction of sp³-hybridized carbons (Fsp3) is 0.118. The third kappa shape index (κ3) is 1.83. The van der Waals surface area contributed by atoms with Gasteiger partial charge in [-0.2, -0.15) is 0 Å². The van der Waals surface area contributed by atoms with Crippen molar-refractivity contribution in [1.29, 1.82) is 0 Å². The summed E-state index contributed by atoms with van der Waals surface area (Å²) in [5, 5.41) is 12.3. The summed E-state index contributed by atoms with van der Waals surface area (Å²) in [6.07, 6.45) is 0.691. The van der Waals surface area contributed by atoms with Gasteiger partial charge in [-0.3, -0.25) is 4.79 Å². The van der Waals surface area contributed by atoms with Crippen LogP contribution in [0, 0.1) is 5.82 Å². The normalized spacial score (nSPS) is 12.3. The lowest BCUT2D eigenvalue weighted by Gasteiger charge is -2.06. The largest absolute Gasteiger partial charge is 0.387 e. The Kier molecular flexibility index (Phi) is 2.77. The molecule has 1 heterocycles. The minimum atomic E-state index is -0.542. The van der Waals surface area contributed by atoms with Gasteiger partial charge < -0.3 is 15.4 Å². The van der Waals surface area contributed by atoms with Crippen molar-refractivity contribution < 1.29 is 14.3 Å². The molecule has 0 bridgehead atoms. The monoisotopic (exact) mass is 296 g/mol. The second-order valence-corrected chi connectivity index (χ2v) is 5.40. The van der Waals surface area contributed by atoms with Crippen molar-refractivity contribution in [3.05, 3.63) is 53.3 Å². The van der Waals surface area contributed by atoms with E-state index < -0.39 is 12.5 Å². The highest BCUT2D eigenvalue weighted by Crippen LogP contribution is 2.41. The van der Waals surface area contributed by atoms with Gasteiger partial charge in [0.15, 0.2) is 0 Å². The van der Waals surface area contributed by atoms with Gasteiger partial charge in [-0.25, -0.2) is 4.39 Å². The zero-order valence-corrected chi connectivity index (χ0v) is 11.6. The van der Waals surface area contributed by atoms with Crippen molar-refractivity contribution >= 4 is 22.5 Å². The summed E-state index contributed by atoms with van der Waals surface area (Å²) in [7, 11) is 0. The quantitative estimate of drug-likeness (QED) is 0.532. The van der Waals surface area contributed by atoms with Crippen LogP contribution >= 0.6 is 0 Å². The smallest absolute Gasteiger partial charge is 0.250 e. The van der Waals surface area contributed by atoms with E-state index in [2.05, 4.69) is 10.3 Å². The predicted octanol–water partition coefficient (Wildman–Crippen LogP) is 2.81. The van der Waals surface area contributed by atoms with Crippen LogP contribution in [0.15, 0.2) is 36.4 Å². The van der Waals surface area contributed by atoms with Crippen LogP contribution in [0.5, 0.6) is 0 Å². The highest BCUT2D eigenvalue weighted by atomic mass is 19.1. The van der Waals surface area contributed by atoms with Crippen molar-refractivity contribution in [3.8, 4) is 11.3 Å². The van der Waals surface area contributed by atoms with Gasteiger partial charge in [-0.15, -0.1) is 0 Å². The maximum absolute atomic E-state index is 13.9. The number of hydrogen-bond acceptors (Lipinski definition) is 2. The molecule has 3 aromatic rings. The molecule has 1 aliphatic carbocycles. The van der Waals surface area contributed by atoms with E-state index in [4.69, 9.17) is 5.11 Å². The fourth-order valence-corrected chi connectivity index (χ4v) is 3.10. The number of aliphatic hydroxyl groups excluding tert-OH is 1. The number of para-hydroxylation sites is 1. The Labute approximate surface area is 125 Å². The molecular formula is C17H13FN2O2. The molecule has 4 rings (SSSR count). The van der Waals surface area contributed by atoms with Crippen LogP contribution in [-0.4, -0.2) is 22.6 Å². The summed E-state index contributed by atoms with van der Waals surface area (Å²) in [4.78, 5) is 14.4. The zero-order valence-electron chi connectivity index (χ0n) is 11.6. The summed E-state index contributed by atoms with van der Waals surface area (Å²) in [6.45, 7) is -0.542. The number of carbonyl (C=O) groups excluding carboxylic acids is 1. The summed E-state index contributed by atoms with van der Waals surface area (Å²) in [6, 6.07) is 10.6. The highest BCUT2D eigenvalue weighted by molar-refractivity contribution is 5.96. The van der Waals surface area contributed by atoms with Gasteiger partial charge in [0.25, 0.3) is 0 Å². The van der Waals surface area contributed by atoms with Gasteiger partial charge in [0.2, 0.25) is 5.91 Å². The first kappa shape index (κ1) is 13.0. The Bertz CT molecular complexity index is 914. The zero-order chi connectivity index (χ0) is 15.3. The van der Waals surface area contributed by atoms with E-state index in [1.807, 2.05) is 18.2 Å². The molecule has 0 radical (unpaired) electrons. The number of aliphatic hydroxyl groups is 1. The third-order valence-electron chi connectivity index (χ3n) is 4.06. The minimum Gasteiger partial charge on any atom is -0.387 e. The van der Waals surface area contributed by atoms with Crippen LogP contribution in [0.1, 0.15) is 11.1 Å². The Morgan fingerprint density at radius 2 is 2.18 bits per heavy atom. The number of rotatable bonds is 2. The lowest BCUT2D eigenvalue weighted by Crippen LogP contribution is -2.15. The molecule has 2 aromatic carbocycles. The Morgan fingerprint density at radius 3 is 3.00 bits per heavy atom. The van der Waals surface area contributed by atoms with Gasteiger partial charge in [0.1, 0.15) is 12.4 Å². The van der Waals surface area contributed by atoms with Crippen LogP contribution in [0.4, 0.5) is 10.1 Å². The molecule has 4 nitrogen and oxygen atoms in total. The number of carbonyl (C=O) groups is 1. The minimum absolute atomic E-state index is 0.250. The number of anilines is 1. The summed E-state index contributed by atoms with van der Waals surface area (Å²) in [5.41, 5.74) is 5.30. The van der Waals surface area contributed by atoms with E-state index in [9.17, 15) is 9.18 Å². The number of amides is 1. The Balaban J connectivity index is 1.80. The van der Waals surface area contributed by atoms with Crippen molar-refractivity contribution in [2.75, 3.05) is 11.9 Å². The number of halogens is 1. The van der Waals surface area contributed by atoms with Crippen LogP contribution in [-0.2, 0) is 11.2 Å². The molecule has 0 atom stereocenters.